The van der Waals surface area contributed by atoms with Crippen LogP contribution in [0.15, 0.2) is 36.5 Å². The van der Waals surface area contributed by atoms with Crippen molar-refractivity contribution in [3.63, 3.8) is 0 Å². The second-order valence-electron chi connectivity index (χ2n) is 4.89. The average Bonchev–Trinajstić information content (AvgIpc) is 2.74. The number of nitrogens with one attached hydrogen (secondary N) is 1. The van der Waals surface area contributed by atoms with Crippen molar-refractivity contribution in [2.45, 2.75) is 19.3 Å². The molecule has 1 aliphatic rings. The first-order valence-corrected chi connectivity index (χ1v) is 6.59. The average molecular weight is 255 g/mol. The molecule has 2 heterocycles. The summed E-state index contributed by atoms with van der Waals surface area (Å²) in [5.41, 5.74) is 9.08. The van der Waals surface area contributed by atoms with Crippen LogP contribution in [-0.4, -0.2) is 17.4 Å². The molecule has 3 N–H and O–H groups in total. The van der Waals surface area contributed by atoms with Gasteiger partial charge in [-0.3, -0.25) is 4.79 Å². The second kappa shape index (κ2) is 4.80. The van der Waals surface area contributed by atoms with Crippen LogP contribution in [0, 0.1) is 0 Å². The Morgan fingerprint density at radius 3 is 2.89 bits per heavy atom. The van der Waals surface area contributed by atoms with Crippen molar-refractivity contribution < 1.29 is 4.79 Å². The standard InChI is InChI=1S/C15H17N3O/c16-12-9-13(17-10-12)15(19)18-8-4-3-6-11-5-1-2-7-14(11)18/h1-2,5,7,9-10,17H,3-4,6,8,16H2. The molecule has 1 aliphatic heterocycles. The van der Waals surface area contributed by atoms with Crippen LogP contribution in [0.3, 0.4) is 0 Å². The number of para-hydroxylation sites is 1. The minimum absolute atomic E-state index is 0.00829. The van der Waals surface area contributed by atoms with Gasteiger partial charge in [0.2, 0.25) is 0 Å². The van der Waals surface area contributed by atoms with Gasteiger partial charge in [-0.15, -0.1) is 0 Å². The number of anilines is 2. The summed E-state index contributed by atoms with van der Waals surface area (Å²) in [6, 6.07) is 9.82. The number of H-pyrrole nitrogens is 1. The summed E-state index contributed by atoms with van der Waals surface area (Å²) in [6.45, 7) is 0.759. The lowest BCUT2D eigenvalue weighted by molar-refractivity contribution is 0.0983. The molecular weight excluding hydrogens is 238 g/mol. The van der Waals surface area contributed by atoms with Crippen molar-refractivity contribution in [1.82, 2.24) is 4.98 Å². The molecule has 0 unspecified atom stereocenters. The zero-order valence-electron chi connectivity index (χ0n) is 10.7. The predicted molar refractivity (Wildman–Crippen MR) is 76.3 cm³/mol. The van der Waals surface area contributed by atoms with Gasteiger partial charge in [-0.25, -0.2) is 0 Å². The summed E-state index contributed by atoms with van der Waals surface area (Å²) in [5.74, 6) is -0.00829. The monoisotopic (exact) mass is 255 g/mol. The SMILES string of the molecule is Nc1c[nH]c(C(=O)N2CCCCc3ccccc32)c1. The quantitative estimate of drug-likeness (QED) is 0.822. The van der Waals surface area contributed by atoms with Gasteiger partial charge in [0.15, 0.2) is 0 Å². The highest BCUT2D eigenvalue weighted by molar-refractivity contribution is 6.05. The summed E-state index contributed by atoms with van der Waals surface area (Å²) in [7, 11) is 0. The van der Waals surface area contributed by atoms with Crippen LogP contribution in [0.5, 0.6) is 0 Å². The fourth-order valence-corrected chi connectivity index (χ4v) is 2.58. The number of carbonyl (C=O) groups excluding carboxylic acids is 1. The van der Waals surface area contributed by atoms with E-state index >= 15 is 0 Å². The highest BCUT2D eigenvalue weighted by atomic mass is 16.2. The van der Waals surface area contributed by atoms with Crippen molar-refractivity contribution in [3.8, 4) is 0 Å². The lowest BCUT2D eigenvalue weighted by Crippen LogP contribution is -2.31. The van der Waals surface area contributed by atoms with E-state index in [9.17, 15) is 4.79 Å². The van der Waals surface area contributed by atoms with Crippen LogP contribution in [0.2, 0.25) is 0 Å². The van der Waals surface area contributed by atoms with E-state index in [1.807, 2.05) is 23.1 Å². The molecule has 4 nitrogen and oxygen atoms in total. The van der Waals surface area contributed by atoms with Crippen LogP contribution in [-0.2, 0) is 6.42 Å². The molecule has 0 saturated carbocycles. The van der Waals surface area contributed by atoms with Crippen LogP contribution < -0.4 is 10.6 Å². The van der Waals surface area contributed by atoms with Gasteiger partial charge in [-0.1, -0.05) is 18.2 Å². The van der Waals surface area contributed by atoms with Gasteiger partial charge >= 0.3 is 0 Å². The van der Waals surface area contributed by atoms with E-state index in [1.165, 1.54) is 5.56 Å². The van der Waals surface area contributed by atoms with Gasteiger partial charge in [0, 0.05) is 24.1 Å². The fraction of sp³-hybridized carbons (Fsp3) is 0.267. The smallest absolute Gasteiger partial charge is 0.274 e. The first kappa shape index (κ1) is 11.8. The van der Waals surface area contributed by atoms with Crippen molar-refractivity contribution in [3.05, 3.63) is 47.8 Å². The lowest BCUT2D eigenvalue weighted by atomic mass is 10.1. The fourth-order valence-electron chi connectivity index (χ4n) is 2.58. The van der Waals surface area contributed by atoms with Crippen LogP contribution in [0.25, 0.3) is 0 Å². The third kappa shape index (κ3) is 2.21. The Balaban J connectivity index is 1.98. The molecule has 3 rings (SSSR count). The van der Waals surface area contributed by atoms with E-state index in [-0.39, 0.29) is 5.91 Å². The Labute approximate surface area is 112 Å². The Morgan fingerprint density at radius 2 is 2.11 bits per heavy atom. The first-order valence-electron chi connectivity index (χ1n) is 6.59. The molecule has 19 heavy (non-hydrogen) atoms. The minimum atomic E-state index is -0.00829. The Bertz CT molecular complexity index is 603. The van der Waals surface area contributed by atoms with Crippen LogP contribution in [0.1, 0.15) is 28.9 Å². The number of aromatic nitrogens is 1. The number of rotatable bonds is 1. The van der Waals surface area contributed by atoms with E-state index in [0.29, 0.717) is 11.4 Å². The van der Waals surface area contributed by atoms with E-state index in [4.69, 9.17) is 5.73 Å². The number of aryl methyl sites for hydroxylation is 1. The maximum absolute atomic E-state index is 12.6. The van der Waals surface area contributed by atoms with Gasteiger partial charge in [0.25, 0.3) is 5.91 Å². The maximum Gasteiger partial charge on any atom is 0.274 e. The third-order valence-corrected chi connectivity index (χ3v) is 3.54. The molecule has 0 spiro atoms. The van der Waals surface area contributed by atoms with Gasteiger partial charge in [-0.05, 0) is 37.0 Å². The number of amides is 1. The lowest BCUT2D eigenvalue weighted by Gasteiger charge is -2.22. The zero-order valence-corrected chi connectivity index (χ0v) is 10.7. The predicted octanol–water partition coefficient (Wildman–Crippen LogP) is 2.58. The molecule has 1 aromatic carbocycles. The molecule has 0 fully saturated rings. The summed E-state index contributed by atoms with van der Waals surface area (Å²) in [6.07, 6.45) is 4.83. The molecule has 2 aromatic rings. The molecule has 1 aromatic heterocycles. The van der Waals surface area contributed by atoms with Gasteiger partial charge in [0.05, 0.1) is 0 Å². The molecule has 0 atom stereocenters. The molecule has 0 bridgehead atoms. The number of nitrogens with zero attached hydrogens (tertiary/aromatic N) is 1. The van der Waals surface area contributed by atoms with Crippen molar-refractivity contribution in [1.29, 1.82) is 0 Å². The number of hydrogen-bond acceptors (Lipinski definition) is 2. The van der Waals surface area contributed by atoms with E-state index in [2.05, 4.69) is 11.1 Å². The normalized spacial score (nSPS) is 14.8. The Kier molecular flexibility index (Phi) is 2.99. The second-order valence-corrected chi connectivity index (χ2v) is 4.89. The number of fused-ring (bicyclic) bond motifs is 1. The molecular formula is C15H17N3O. The van der Waals surface area contributed by atoms with Crippen LogP contribution >= 0.6 is 0 Å². The van der Waals surface area contributed by atoms with Crippen LogP contribution in [0.4, 0.5) is 11.4 Å². The number of hydrogen-bond donors (Lipinski definition) is 2. The number of aromatic amines is 1. The van der Waals surface area contributed by atoms with Crippen molar-refractivity contribution in [2.75, 3.05) is 17.2 Å². The number of nitrogen functional groups attached to an aromatic ring is 1. The van der Waals surface area contributed by atoms with Gasteiger partial charge in [-0.2, -0.15) is 0 Å². The maximum atomic E-state index is 12.6. The van der Waals surface area contributed by atoms with E-state index < -0.39 is 0 Å². The first-order chi connectivity index (χ1) is 9.25. The molecule has 4 heteroatoms. The Morgan fingerprint density at radius 1 is 1.26 bits per heavy atom. The molecule has 0 saturated heterocycles. The van der Waals surface area contributed by atoms with E-state index in [1.54, 1.807) is 12.3 Å². The summed E-state index contributed by atoms with van der Waals surface area (Å²) < 4.78 is 0. The minimum Gasteiger partial charge on any atom is -0.397 e. The molecule has 0 radical (unpaired) electrons. The number of nitrogens with two attached hydrogens (primary N) is 1. The topological polar surface area (TPSA) is 62.1 Å². The highest BCUT2D eigenvalue weighted by Gasteiger charge is 2.22. The third-order valence-electron chi connectivity index (χ3n) is 3.54. The summed E-state index contributed by atoms with van der Waals surface area (Å²) in [4.78, 5) is 17.4. The molecule has 0 aliphatic carbocycles. The van der Waals surface area contributed by atoms with E-state index in [0.717, 1.165) is 31.5 Å². The van der Waals surface area contributed by atoms with Gasteiger partial charge in [0.1, 0.15) is 5.69 Å². The van der Waals surface area contributed by atoms with Crippen molar-refractivity contribution >= 4 is 17.3 Å². The highest BCUT2D eigenvalue weighted by Crippen LogP contribution is 2.27. The molecule has 98 valence electrons. The largest absolute Gasteiger partial charge is 0.397 e. The van der Waals surface area contributed by atoms with Crippen molar-refractivity contribution in [2.24, 2.45) is 0 Å². The van der Waals surface area contributed by atoms with Gasteiger partial charge < -0.3 is 15.6 Å². The zero-order chi connectivity index (χ0) is 13.2. The number of benzene rings is 1. The summed E-state index contributed by atoms with van der Waals surface area (Å²) >= 11 is 0. The Hall–Kier alpha value is -2.23. The number of carbonyl (C=O) groups is 1. The molecule has 1 amide bonds. The summed E-state index contributed by atoms with van der Waals surface area (Å²) in [5, 5.41) is 0.